The summed E-state index contributed by atoms with van der Waals surface area (Å²) in [7, 11) is 0. The molecule has 0 spiro atoms. The molecular weight excluding hydrogens is 288 g/mol. The van der Waals surface area contributed by atoms with Gasteiger partial charge in [-0.1, -0.05) is 6.07 Å². The molecule has 1 fully saturated rings. The topological polar surface area (TPSA) is 62.0 Å². The molecule has 118 valence electrons. The number of hydrogen-bond acceptors (Lipinski definition) is 5. The maximum atomic E-state index is 9.19. The molecule has 2 aromatic rings. The summed E-state index contributed by atoms with van der Waals surface area (Å²) in [5.74, 6) is 2.02. The Morgan fingerprint density at radius 2 is 2.09 bits per heavy atom. The molecule has 0 atom stereocenters. The van der Waals surface area contributed by atoms with E-state index in [4.69, 9.17) is 4.74 Å². The quantitative estimate of drug-likeness (QED) is 0.869. The molecule has 0 amide bonds. The number of aryl methyl sites for hydroxylation is 1. The van der Waals surface area contributed by atoms with Gasteiger partial charge in [0.2, 0.25) is 5.88 Å². The highest BCUT2D eigenvalue weighted by Crippen LogP contribution is 2.24. The van der Waals surface area contributed by atoms with E-state index in [-0.39, 0.29) is 0 Å². The van der Waals surface area contributed by atoms with Crippen molar-refractivity contribution >= 4 is 5.82 Å². The van der Waals surface area contributed by atoms with E-state index in [9.17, 15) is 5.26 Å². The lowest BCUT2D eigenvalue weighted by Gasteiger charge is -2.32. The molecule has 2 aromatic heterocycles. The lowest BCUT2D eigenvalue weighted by Crippen LogP contribution is -2.36. The molecule has 1 aliphatic heterocycles. The highest BCUT2D eigenvalue weighted by Gasteiger charge is 2.22. The second-order valence-corrected chi connectivity index (χ2v) is 5.85. The van der Waals surface area contributed by atoms with Gasteiger partial charge in [0.15, 0.2) is 0 Å². The minimum absolute atomic E-state index is 0.516. The maximum absolute atomic E-state index is 9.19. The van der Waals surface area contributed by atoms with E-state index >= 15 is 0 Å². The third-order valence-electron chi connectivity index (χ3n) is 4.15. The number of ether oxygens (including phenoxy) is 1. The molecule has 0 N–H and O–H groups in total. The molecule has 1 aliphatic rings. The van der Waals surface area contributed by atoms with Gasteiger partial charge in [0.25, 0.3) is 0 Å². The van der Waals surface area contributed by atoms with Gasteiger partial charge in [-0.05, 0) is 43.9 Å². The summed E-state index contributed by atoms with van der Waals surface area (Å²) in [6.07, 6.45) is 3.81. The van der Waals surface area contributed by atoms with Crippen LogP contribution >= 0.6 is 0 Å². The number of piperidine rings is 1. The molecule has 5 heteroatoms. The van der Waals surface area contributed by atoms with Crippen LogP contribution in [-0.2, 0) is 0 Å². The lowest BCUT2D eigenvalue weighted by molar-refractivity contribution is 0.215. The monoisotopic (exact) mass is 308 g/mol. The Kier molecular flexibility index (Phi) is 4.72. The van der Waals surface area contributed by atoms with Gasteiger partial charge in [-0.2, -0.15) is 5.26 Å². The van der Waals surface area contributed by atoms with Crippen molar-refractivity contribution in [3.05, 3.63) is 47.8 Å². The SMILES string of the molecule is Cc1cccc(OCC2CCN(c3ncccc3C#N)CC2)n1. The Labute approximate surface area is 136 Å². The van der Waals surface area contributed by atoms with Crippen molar-refractivity contribution in [1.29, 1.82) is 5.26 Å². The van der Waals surface area contributed by atoms with Crippen molar-refractivity contribution in [3.8, 4) is 11.9 Å². The first-order valence-electron chi connectivity index (χ1n) is 7.93. The van der Waals surface area contributed by atoms with E-state index in [2.05, 4.69) is 20.9 Å². The predicted molar refractivity (Wildman–Crippen MR) is 88.4 cm³/mol. The van der Waals surface area contributed by atoms with Gasteiger partial charge in [-0.15, -0.1) is 0 Å². The minimum atomic E-state index is 0.516. The highest BCUT2D eigenvalue weighted by molar-refractivity contribution is 5.53. The van der Waals surface area contributed by atoms with Gasteiger partial charge in [0, 0.05) is 31.0 Å². The number of aromatic nitrogens is 2. The van der Waals surface area contributed by atoms with Crippen LogP contribution in [0.1, 0.15) is 24.1 Å². The van der Waals surface area contributed by atoms with Crippen molar-refractivity contribution in [2.45, 2.75) is 19.8 Å². The summed E-state index contributed by atoms with van der Waals surface area (Å²) in [5, 5.41) is 9.19. The second-order valence-electron chi connectivity index (χ2n) is 5.85. The van der Waals surface area contributed by atoms with Crippen LogP contribution in [0, 0.1) is 24.2 Å². The van der Waals surface area contributed by atoms with E-state index < -0.39 is 0 Å². The van der Waals surface area contributed by atoms with Gasteiger partial charge in [0.1, 0.15) is 11.9 Å². The number of nitriles is 1. The average molecular weight is 308 g/mol. The highest BCUT2D eigenvalue weighted by atomic mass is 16.5. The Bertz CT molecular complexity index is 702. The molecule has 1 saturated heterocycles. The van der Waals surface area contributed by atoms with Crippen LogP contribution in [0.25, 0.3) is 0 Å². The van der Waals surface area contributed by atoms with Crippen molar-refractivity contribution in [2.24, 2.45) is 5.92 Å². The maximum Gasteiger partial charge on any atom is 0.213 e. The van der Waals surface area contributed by atoms with E-state index in [0.29, 0.717) is 24.0 Å². The Hall–Kier alpha value is -2.61. The zero-order valence-electron chi connectivity index (χ0n) is 13.3. The first-order chi connectivity index (χ1) is 11.3. The van der Waals surface area contributed by atoms with E-state index in [1.807, 2.05) is 31.2 Å². The zero-order chi connectivity index (χ0) is 16.1. The van der Waals surface area contributed by atoms with Crippen molar-refractivity contribution in [3.63, 3.8) is 0 Å². The second kappa shape index (κ2) is 7.10. The van der Waals surface area contributed by atoms with Gasteiger partial charge < -0.3 is 9.64 Å². The molecule has 0 saturated carbocycles. The molecule has 0 radical (unpaired) electrons. The van der Waals surface area contributed by atoms with E-state index in [1.54, 1.807) is 12.3 Å². The molecule has 5 nitrogen and oxygen atoms in total. The Morgan fingerprint density at radius 3 is 2.83 bits per heavy atom. The fourth-order valence-electron chi connectivity index (χ4n) is 2.85. The Balaban J connectivity index is 1.53. The molecule has 23 heavy (non-hydrogen) atoms. The number of rotatable bonds is 4. The van der Waals surface area contributed by atoms with Crippen molar-refractivity contribution in [2.75, 3.05) is 24.6 Å². The molecule has 3 rings (SSSR count). The number of pyridine rings is 2. The number of anilines is 1. The van der Waals surface area contributed by atoms with Crippen LogP contribution in [-0.4, -0.2) is 29.7 Å². The van der Waals surface area contributed by atoms with Gasteiger partial charge in [0.05, 0.1) is 12.2 Å². The summed E-state index contributed by atoms with van der Waals surface area (Å²) >= 11 is 0. The van der Waals surface area contributed by atoms with Gasteiger partial charge in [-0.3, -0.25) is 0 Å². The summed E-state index contributed by atoms with van der Waals surface area (Å²) in [4.78, 5) is 10.9. The fraction of sp³-hybridized carbons (Fsp3) is 0.389. The molecular formula is C18H20N4O. The van der Waals surface area contributed by atoms with Crippen molar-refractivity contribution in [1.82, 2.24) is 9.97 Å². The molecule has 0 unspecified atom stereocenters. The molecule has 0 aromatic carbocycles. The molecule has 3 heterocycles. The third-order valence-corrected chi connectivity index (χ3v) is 4.15. The summed E-state index contributed by atoms with van der Waals surface area (Å²) < 4.78 is 5.81. The van der Waals surface area contributed by atoms with Crippen LogP contribution in [0.3, 0.4) is 0 Å². The lowest BCUT2D eigenvalue weighted by atomic mass is 9.97. The third kappa shape index (κ3) is 3.78. The normalized spacial score (nSPS) is 15.2. The largest absolute Gasteiger partial charge is 0.477 e. The zero-order valence-corrected chi connectivity index (χ0v) is 13.3. The van der Waals surface area contributed by atoms with Crippen LogP contribution in [0.5, 0.6) is 5.88 Å². The Morgan fingerprint density at radius 1 is 1.26 bits per heavy atom. The van der Waals surface area contributed by atoms with Crippen LogP contribution < -0.4 is 9.64 Å². The van der Waals surface area contributed by atoms with E-state index in [0.717, 1.165) is 37.4 Å². The van der Waals surface area contributed by atoms with Crippen LogP contribution in [0.4, 0.5) is 5.82 Å². The summed E-state index contributed by atoms with van der Waals surface area (Å²) in [5.41, 5.74) is 1.61. The molecule has 0 bridgehead atoms. The first kappa shape index (κ1) is 15.3. The number of nitrogens with zero attached hydrogens (tertiary/aromatic N) is 4. The standard InChI is InChI=1S/C18H20N4O/c1-14-4-2-6-17(21-14)23-13-15-7-10-22(11-8-15)18-16(12-19)5-3-9-20-18/h2-6,9,15H,7-8,10-11,13H2,1H3. The summed E-state index contributed by atoms with van der Waals surface area (Å²) in [6.45, 7) is 4.46. The van der Waals surface area contributed by atoms with Crippen LogP contribution in [0.15, 0.2) is 36.5 Å². The minimum Gasteiger partial charge on any atom is -0.477 e. The van der Waals surface area contributed by atoms with E-state index in [1.165, 1.54) is 0 Å². The average Bonchev–Trinajstić information content (AvgIpc) is 2.60. The van der Waals surface area contributed by atoms with Gasteiger partial charge >= 0.3 is 0 Å². The predicted octanol–water partition coefficient (Wildman–Crippen LogP) is 2.95. The molecule has 0 aliphatic carbocycles. The van der Waals surface area contributed by atoms with Crippen LogP contribution in [0.2, 0.25) is 0 Å². The van der Waals surface area contributed by atoms with Gasteiger partial charge in [-0.25, -0.2) is 9.97 Å². The first-order valence-corrected chi connectivity index (χ1v) is 7.93. The number of hydrogen-bond donors (Lipinski definition) is 0. The fourth-order valence-corrected chi connectivity index (χ4v) is 2.85. The van der Waals surface area contributed by atoms with Crippen molar-refractivity contribution < 1.29 is 4.74 Å². The summed E-state index contributed by atoms with van der Waals surface area (Å²) in [6, 6.07) is 11.7. The smallest absolute Gasteiger partial charge is 0.213 e.